The van der Waals surface area contributed by atoms with Gasteiger partial charge in [-0.1, -0.05) is 34.1 Å². The molecule has 2 rings (SSSR count). The molecule has 0 spiro atoms. The molecule has 0 amide bonds. The van der Waals surface area contributed by atoms with E-state index in [4.69, 9.17) is 0 Å². The Bertz CT molecular complexity index is 368. The molecule has 0 unspecified atom stereocenters. The Morgan fingerprint density at radius 1 is 1.21 bits per heavy atom. The number of hydrogen-bond acceptors (Lipinski definition) is 1. The Labute approximate surface area is 111 Å². The van der Waals surface area contributed by atoms with E-state index in [2.05, 4.69) is 30.1 Å². The zero-order valence-electron chi connectivity index (χ0n) is 9.39. The number of nitrogens with zero attached hydrogens (tertiary/aromatic N) is 1. The van der Waals surface area contributed by atoms with Crippen LogP contribution >= 0.6 is 0 Å². The van der Waals surface area contributed by atoms with E-state index in [9.17, 15) is 0 Å². The van der Waals surface area contributed by atoms with Gasteiger partial charge in [-0.2, -0.15) is 6.08 Å². The molecule has 0 aromatic carbocycles. The molecular weight excluding hydrogens is 247 g/mol. The Balaban J connectivity index is 0.000000531. The van der Waals surface area contributed by atoms with Crippen LogP contribution in [0.15, 0.2) is 0 Å². The van der Waals surface area contributed by atoms with Gasteiger partial charge >= 0.3 is 0 Å². The summed E-state index contributed by atoms with van der Waals surface area (Å²) in [6.45, 7) is 8.08. The van der Waals surface area contributed by atoms with Crippen LogP contribution in [0.2, 0.25) is 0 Å². The van der Waals surface area contributed by atoms with Crippen molar-refractivity contribution in [3.63, 3.8) is 0 Å². The summed E-state index contributed by atoms with van der Waals surface area (Å²) in [5.74, 6) is 0. The van der Waals surface area contributed by atoms with Crippen molar-refractivity contribution in [2.24, 2.45) is 0 Å². The van der Waals surface area contributed by atoms with Crippen LogP contribution in [0.1, 0.15) is 31.5 Å². The van der Waals surface area contributed by atoms with Gasteiger partial charge in [-0.25, -0.2) is 0 Å². The van der Waals surface area contributed by atoms with Crippen LogP contribution in [0, 0.1) is 19.9 Å². The minimum absolute atomic E-state index is 0. The Morgan fingerprint density at radius 2 is 1.86 bits per heavy atom. The molecule has 0 fully saturated rings. The molecule has 1 heterocycles. The van der Waals surface area contributed by atoms with Gasteiger partial charge in [-0.3, -0.25) is 0 Å². The molecular formula is C12H16NY-. The van der Waals surface area contributed by atoms with E-state index >= 15 is 0 Å². The van der Waals surface area contributed by atoms with E-state index in [-0.39, 0.29) is 32.7 Å². The molecule has 0 aliphatic heterocycles. The fourth-order valence-electron chi connectivity index (χ4n) is 1.28. The van der Waals surface area contributed by atoms with Crippen molar-refractivity contribution in [1.29, 1.82) is 0 Å². The molecule has 14 heavy (non-hydrogen) atoms. The number of fused-ring (bicyclic) bond motifs is 1. The van der Waals surface area contributed by atoms with Crippen LogP contribution in [0.3, 0.4) is 0 Å². The minimum atomic E-state index is 0. The van der Waals surface area contributed by atoms with Gasteiger partial charge in [-0.05, 0) is 11.0 Å². The second-order valence-corrected chi connectivity index (χ2v) is 2.89. The van der Waals surface area contributed by atoms with Crippen molar-refractivity contribution < 1.29 is 32.7 Å². The normalized spacial score (nSPS) is 11.1. The van der Waals surface area contributed by atoms with Gasteiger partial charge in [0.1, 0.15) is 0 Å². The molecule has 0 bridgehead atoms. The van der Waals surface area contributed by atoms with Gasteiger partial charge in [0.2, 0.25) is 0 Å². The molecule has 73 valence electrons. The summed E-state index contributed by atoms with van der Waals surface area (Å²) in [4.78, 5) is 4.44. The second-order valence-electron chi connectivity index (χ2n) is 2.89. The first-order valence-corrected chi connectivity index (χ1v) is 4.84. The molecule has 1 aromatic rings. The summed E-state index contributed by atoms with van der Waals surface area (Å²) >= 11 is 0. The molecule has 0 atom stereocenters. The molecule has 0 saturated heterocycles. The molecule has 1 nitrogen and oxygen atoms in total. The number of rotatable bonds is 0. The van der Waals surface area contributed by atoms with Crippen LogP contribution in [0.4, 0.5) is 0 Å². The average Bonchev–Trinajstić information content (AvgIpc) is 2.56. The van der Waals surface area contributed by atoms with E-state index in [1.807, 2.05) is 20.8 Å². The van der Waals surface area contributed by atoms with Crippen LogP contribution < -0.4 is 10.6 Å². The summed E-state index contributed by atoms with van der Waals surface area (Å²) in [7, 11) is 0. The quantitative estimate of drug-likeness (QED) is 0.646. The van der Waals surface area contributed by atoms with Gasteiger partial charge in [0.15, 0.2) is 0 Å². The van der Waals surface area contributed by atoms with Gasteiger partial charge in [0, 0.05) is 32.7 Å². The standard InChI is InChI=1S/C10H10N.C2H6.Y/c1-7-6-9-4-3-5-10(9)11-8(7)2;1-2;/h4-5H,3H2,1-2H3;1-2H3;/q-1;;. The van der Waals surface area contributed by atoms with Crippen molar-refractivity contribution in [3.8, 4) is 0 Å². The Hall–Kier alpha value is -0.00610. The van der Waals surface area contributed by atoms with E-state index < -0.39 is 0 Å². The van der Waals surface area contributed by atoms with Crippen molar-refractivity contribution in [2.45, 2.75) is 34.1 Å². The maximum Gasteiger partial charge on any atom is 0 e. The molecule has 0 saturated carbocycles. The molecule has 0 N–H and O–H groups in total. The van der Waals surface area contributed by atoms with Gasteiger partial charge in [-0.15, -0.1) is 22.9 Å². The Morgan fingerprint density at radius 3 is 2.50 bits per heavy atom. The van der Waals surface area contributed by atoms with Gasteiger partial charge in [0.05, 0.1) is 0 Å². The summed E-state index contributed by atoms with van der Waals surface area (Å²) in [6, 6.07) is 3.31. The van der Waals surface area contributed by atoms with Crippen LogP contribution in [-0.4, -0.2) is 4.98 Å². The fourth-order valence-corrected chi connectivity index (χ4v) is 1.28. The van der Waals surface area contributed by atoms with Crippen molar-refractivity contribution >= 4 is 12.2 Å². The molecule has 1 aliphatic carbocycles. The third-order valence-corrected chi connectivity index (χ3v) is 2.06. The van der Waals surface area contributed by atoms with Crippen LogP contribution in [0.5, 0.6) is 0 Å². The minimum Gasteiger partial charge on any atom is -0.349 e. The maximum atomic E-state index is 4.44. The van der Waals surface area contributed by atoms with E-state index in [0.717, 1.165) is 23.0 Å². The largest absolute Gasteiger partial charge is 0.349 e. The zero-order chi connectivity index (χ0) is 9.84. The first-order valence-electron chi connectivity index (χ1n) is 4.84. The summed E-state index contributed by atoms with van der Waals surface area (Å²) < 4.78 is 0. The van der Waals surface area contributed by atoms with Crippen LogP contribution in [-0.2, 0) is 32.7 Å². The number of hydrogen-bond donors (Lipinski definition) is 0. The third kappa shape index (κ3) is 3.00. The SMILES string of the molecule is CC.Cc1[c-]c2c(nc1C)=CCC=2.[Y]. The maximum absolute atomic E-state index is 4.44. The predicted molar refractivity (Wildman–Crippen MR) is 56.7 cm³/mol. The van der Waals surface area contributed by atoms with Crippen molar-refractivity contribution in [1.82, 2.24) is 4.98 Å². The zero-order valence-corrected chi connectivity index (χ0v) is 12.2. The smallest absolute Gasteiger partial charge is 0 e. The second kappa shape index (κ2) is 6.47. The van der Waals surface area contributed by atoms with Gasteiger partial charge < -0.3 is 4.98 Å². The summed E-state index contributed by atoms with van der Waals surface area (Å²) in [6.07, 6.45) is 5.31. The summed E-state index contributed by atoms with van der Waals surface area (Å²) in [5, 5.41) is 2.28. The van der Waals surface area contributed by atoms with Crippen molar-refractivity contribution in [3.05, 3.63) is 27.9 Å². The molecule has 1 aliphatic rings. The van der Waals surface area contributed by atoms with E-state index in [0.29, 0.717) is 0 Å². The molecule has 2 heteroatoms. The molecule has 1 radical (unpaired) electrons. The van der Waals surface area contributed by atoms with Gasteiger partial charge in [0.25, 0.3) is 0 Å². The van der Waals surface area contributed by atoms with E-state index in [1.54, 1.807) is 0 Å². The summed E-state index contributed by atoms with van der Waals surface area (Å²) in [5.41, 5.74) is 2.26. The first kappa shape index (κ1) is 14.0. The molecule has 1 aromatic heterocycles. The Kier molecular flexibility index (Phi) is 6.47. The van der Waals surface area contributed by atoms with Crippen molar-refractivity contribution in [2.75, 3.05) is 0 Å². The van der Waals surface area contributed by atoms with Crippen LogP contribution in [0.25, 0.3) is 12.2 Å². The third-order valence-electron chi connectivity index (χ3n) is 2.06. The topological polar surface area (TPSA) is 12.9 Å². The average molecular weight is 263 g/mol. The monoisotopic (exact) mass is 263 g/mol. The van der Waals surface area contributed by atoms with E-state index in [1.165, 1.54) is 5.22 Å². The first-order chi connectivity index (χ1) is 6.27. The number of pyridine rings is 1. The fraction of sp³-hybridized carbons (Fsp3) is 0.417. The number of aryl methyl sites for hydroxylation is 2. The predicted octanol–water partition coefficient (Wildman–Crippen LogP) is 1.49. The number of aromatic nitrogens is 1.